The number of halogens is 1. The van der Waals surface area contributed by atoms with Crippen LogP contribution in [0, 0.1) is 0 Å². The molecular weight excluding hydrogens is 308 g/mol. The number of anilines is 1. The lowest BCUT2D eigenvalue weighted by Crippen LogP contribution is -1.99. The fraction of sp³-hybridized carbons (Fsp3) is 0.105. The molecule has 3 nitrogen and oxygen atoms in total. The number of nitrogens with zero attached hydrogens (tertiary/aromatic N) is 1. The van der Waals surface area contributed by atoms with Crippen molar-refractivity contribution < 1.29 is 4.42 Å². The molecule has 0 aliphatic heterocycles. The van der Waals surface area contributed by atoms with E-state index in [0.717, 1.165) is 28.0 Å². The Morgan fingerprint density at radius 2 is 1.57 bits per heavy atom. The Kier molecular flexibility index (Phi) is 4.49. The highest BCUT2D eigenvalue weighted by molar-refractivity contribution is 6.65. The Morgan fingerprint density at radius 3 is 2.13 bits per heavy atom. The number of hydrogen-bond donors (Lipinski definition) is 1. The topological polar surface area (TPSA) is 51.5 Å². The number of rotatable bonds is 4. The second kappa shape index (κ2) is 6.71. The molecule has 3 aromatic rings. The van der Waals surface area contributed by atoms with Gasteiger partial charge in [-0.25, -0.2) is 0 Å². The van der Waals surface area contributed by atoms with Crippen LogP contribution in [0.5, 0.6) is 0 Å². The van der Waals surface area contributed by atoms with Crippen LogP contribution < -0.4 is 5.73 Å². The molecule has 0 unspecified atom stereocenters. The predicted molar refractivity (Wildman–Crippen MR) is 96.9 cm³/mol. The van der Waals surface area contributed by atoms with Crippen molar-refractivity contribution in [2.45, 2.75) is 6.42 Å². The highest BCUT2D eigenvalue weighted by Gasteiger charge is 2.21. The van der Waals surface area contributed by atoms with Crippen LogP contribution in [0.15, 0.2) is 70.1 Å². The van der Waals surface area contributed by atoms with Gasteiger partial charge >= 0.3 is 0 Å². The van der Waals surface area contributed by atoms with Crippen LogP contribution in [-0.2, 0) is 6.42 Å². The minimum atomic E-state index is 0.379. The molecule has 116 valence electrons. The highest BCUT2D eigenvalue weighted by Crippen LogP contribution is 2.41. The number of nitrogens with two attached hydrogens (primary N) is 1. The molecule has 0 spiro atoms. The largest absolute Gasteiger partial charge is 0.440 e. The summed E-state index contributed by atoms with van der Waals surface area (Å²) in [4.78, 5) is 4.03. The molecule has 2 N–H and O–H groups in total. The van der Waals surface area contributed by atoms with E-state index >= 15 is 0 Å². The average molecular weight is 325 g/mol. The summed E-state index contributed by atoms with van der Waals surface area (Å²) < 4.78 is 5.90. The van der Waals surface area contributed by atoms with Crippen LogP contribution >= 0.6 is 11.6 Å². The van der Waals surface area contributed by atoms with Gasteiger partial charge in [0, 0.05) is 30.2 Å². The fourth-order valence-electron chi connectivity index (χ4n) is 2.59. The van der Waals surface area contributed by atoms with Crippen molar-refractivity contribution in [3.63, 3.8) is 0 Å². The Morgan fingerprint density at radius 1 is 1.00 bits per heavy atom. The standard InChI is InChI=1S/C19H17ClN2O/c1-22-16(20)12-15-17(13-8-4-2-5-9-13)18(23-19(15)21)14-10-6-3-7-11-14/h2-11H,12,21H2,1H3. The van der Waals surface area contributed by atoms with E-state index < -0.39 is 0 Å². The van der Waals surface area contributed by atoms with Gasteiger partial charge in [-0.05, 0) is 5.56 Å². The lowest BCUT2D eigenvalue weighted by atomic mass is 9.96. The van der Waals surface area contributed by atoms with Gasteiger partial charge in [-0.2, -0.15) is 0 Å². The molecule has 0 aliphatic rings. The van der Waals surface area contributed by atoms with E-state index in [4.69, 9.17) is 21.8 Å². The quantitative estimate of drug-likeness (QED) is 0.686. The number of furan rings is 1. The zero-order chi connectivity index (χ0) is 16.2. The maximum absolute atomic E-state index is 6.14. The fourth-order valence-corrected chi connectivity index (χ4v) is 2.72. The van der Waals surface area contributed by atoms with Crippen LogP contribution in [0.1, 0.15) is 5.56 Å². The first-order chi connectivity index (χ1) is 11.2. The van der Waals surface area contributed by atoms with E-state index in [1.165, 1.54) is 0 Å². The molecule has 4 heteroatoms. The Hall–Kier alpha value is -2.52. The van der Waals surface area contributed by atoms with E-state index in [2.05, 4.69) is 4.99 Å². The molecule has 23 heavy (non-hydrogen) atoms. The second-order valence-corrected chi connectivity index (χ2v) is 5.59. The van der Waals surface area contributed by atoms with Crippen molar-refractivity contribution in [2.75, 3.05) is 12.8 Å². The van der Waals surface area contributed by atoms with Gasteiger partial charge in [0.15, 0.2) is 5.88 Å². The van der Waals surface area contributed by atoms with Gasteiger partial charge < -0.3 is 10.2 Å². The van der Waals surface area contributed by atoms with Gasteiger partial charge in [0.05, 0.1) is 0 Å². The van der Waals surface area contributed by atoms with Crippen molar-refractivity contribution >= 4 is 22.7 Å². The van der Waals surface area contributed by atoms with E-state index in [1.54, 1.807) is 7.05 Å². The van der Waals surface area contributed by atoms with Crippen molar-refractivity contribution in [1.29, 1.82) is 0 Å². The monoisotopic (exact) mass is 324 g/mol. The van der Waals surface area contributed by atoms with Crippen molar-refractivity contribution in [3.8, 4) is 22.5 Å². The van der Waals surface area contributed by atoms with Crippen molar-refractivity contribution in [3.05, 3.63) is 66.2 Å². The molecule has 0 saturated carbocycles. The van der Waals surface area contributed by atoms with Gasteiger partial charge in [-0.1, -0.05) is 72.3 Å². The molecule has 0 fully saturated rings. The van der Waals surface area contributed by atoms with E-state index in [0.29, 0.717) is 17.5 Å². The molecule has 0 amide bonds. The van der Waals surface area contributed by atoms with Crippen molar-refractivity contribution in [1.82, 2.24) is 0 Å². The summed E-state index contributed by atoms with van der Waals surface area (Å²) in [6, 6.07) is 20.0. The third kappa shape index (κ3) is 3.15. The summed E-state index contributed by atoms with van der Waals surface area (Å²) >= 11 is 6.14. The third-order valence-corrected chi connectivity index (χ3v) is 4.00. The molecule has 0 bridgehead atoms. The average Bonchev–Trinajstić information content (AvgIpc) is 2.93. The zero-order valence-electron chi connectivity index (χ0n) is 12.8. The molecule has 0 saturated heterocycles. The maximum atomic E-state index is 6.14. The van der Waals surface area contributed by atoms with Crippen LogP contribution in [0.25, 0.3) is 22.5 Å². The first kappa shape index (κ1) is 15.4. The third-order valence-electron chi connectivity index (χ3n) is 3.70. The summed E-state index contributed by atoms with van der Waals surface area (Å²) in [5.74, 6) is 1.13. The lowest BCUT2D eigenvalue weighted by Gasteiger charge is -2.06. The van der Waals surface area contributed by atoms with Gasteiger partial charge in [0.25, 0.3) is 0 Å². The summed E-state index contributed by atoms with van der Waals surface area (Å²) in [5.41, 5.74) is 10.00. The summed E-state index contributed by atoms with van der Waals surface area (Å²) in [6.45, 7) is 0. The first-order valence-electron chi connectivity index (χ1n) is 7.34. The minimum absolute atomic E-state index is 0.379. The van der Waals surface area contributed by atoms with Gasteiger partial charge in [-0.3, -0.25) is 4.99 Å². The molecule has 2 aromatic carbocycles. The van der Waals surface area contributed by atoms with Gasteiger partial charge in [-0.15, -0.1) is 0 Å². The maximum Gasteiger partial charge on any atom is 0.195 e. The first-order valence-corrected chi connectivity index (χ1v) is 7.71. The minimum Gasteiger partial charge on any atom is -0.440 e. The summed E-state index contributed by atoms with van der Waals surface area (Å²) in [5, 5.41) is 0.495. The van der Waals surface area contributed by atoms with E-state index in [1.807, 2.05) is 60.7 Å². The Bertz CT molecular complexity index is 823. The van der Waals surface area contributed by atoms with Crippen LogP contribution in [0.4, 0.5) is 5.88 Å². The van der Waals surface area contributed by atoms with Crippen LogP contribution in [-0.4, -0.2) is 12.2 Å². The summed E-state index contributed by atoms with van der Waals surface area (Å²) in [7, 11) is 1.67. The van der Waals surface area contributed by atoms with E-state index in [9.17, 15) is 0 Å². The van der Waals surface area contributed by atoms with Gasteiger partial charge in [0.1, 0.15) is 10.9 Å². The summed E-state index contributed by atoms with van der Waals surface area (Å²) in [6.07, 6.45) is 0.449. The van der Waals surface area contributed by atoms with Crippen molar-refractivity contribution in [2.24, 2.45) is 4.99 Å². The molecule has 1 aromatic heterocycles. The smallest absolute Gasteiger partial charge is 0.195 e. The number of benzene rings is 2. The Labute approximate surface area is 140 Å². The normalized spacial score (nSPS) is 11.7. The molecule has 3 rings (SSSR count). The van der Waals surface area contributed by atoms with Crippen LogP contribution in [0.2, 0.25) is 0 Å². The highest BCUT2D eigenvalue weighted by atomic mass is 35.5. The Balaban J connectivity index is 2.23. The molecule has 0 atom stereocenters. The molecule has 1 heterocycles. The van der Waals surface area contributed by atoms with E-state index in [-0.39, 0.29) is 0 Å². The predicted octanol–water partition coefficient (Wildman–Crippen LogP) is 5.01. The number of hydrogen-bond acceptors (Lipinski definition) is 3. The molecule has 0 radical (unpaired) electrons. The SMILES string of the molecule is CN=C(Cl)Cc1c(N)oc(-c2ccccc2)c1-c1ccccc1. The number of nitrogen functional groups attached to an aromatic ring is 1. The second-order valence-electron chi connectivity index (χ2n) is 5.16. The lowest BCUT2D eigenvalue weighted by molar-refractivity contribution is 0.601. The molecule has 0 aliphatic carbocycles. The van der Waals surface area contributed by atoms with Crippen LogP contribution in [0.3, 0.4) is 0 Å². The molecular formula is C19H17ClN2O. The zero-order valence-corrected chi connectivity index (χ0v) is 13.5. The number of aliphatic imine (C=N–C) groups is 1. The van der Waals surface area contributed by atoms with Gasteiger partial charge in [0.2, 0.25) is 0 Å².